The maximum absolute atomic E-state index is 10.2. The summed E-state index contributed by atoms with van der Waals surface area (Å²) in [5.74, 6) is -1.61. The summed E-state index contributed by atoms with van der Waals surface area (Å²) in [6.07, 6.45) is 1.39. The largest absolute Gasteiger partial charge is 0.480 e. The number of rotatable bonds is 4. The predicted molar refractivity (Wildman–Crippen MR) is 36.6 cm³/mol. The molecular weight excluding hydrogens is 134 g/mol. The van der Waals surface area contributed by atoms with Gasteiger partial charge in [-0.05, 0) is 0 Å². The minimum absolute atomic E-state index is 0.407. The number of hydrogen-bond acceptors (Lipinski definition) is 3. The summed E-state index contributed by atoms with van der Waals surface area (Å²) in [5, 5.41) is 10.8. The molecule has 10 heavy (non-hydrogen) atoms. The normalized spacial score (nSPS) is 15.3. The molecule has 56 valence electrons. The molecule has 0 amide bonds. The smallest absolute Gasteiger partial charge is 0.332 e. The molecule has 0 unspecified atom stereocenters. The number of nitroso groups, excluding NO2 is 1. The fourth-order valence-electron chi connectivity index (χ4n) is 0.495. The first-order chi connectivity index (χ1) is 4.63. The van der Waals surface area contributed by atoms with Gasteiger partial charge in [-0.25, -0.2) is 4.79 Å². The monoisotopic (exact) mass is 143 g/mol. The minimum Gasteiger partial charge on any atom is -0.480 e. The average Bonchev–Trinajstić information content (AvgIpc) is 1.88. The maximum atomic E-state index is 10.2. The predicted octanol–water partition coefficient (Wildman–Crippen LogP) is 1.03. The summed E-state index contributed by atoms with van der Waals surface area (Å²) in [5.41, 5.74) is 0. The lowest BCUT2D eigenvalue weighted by Crippen LogP contribution is -2.23. The molecule has 0 rings (SSSR count). The van der Waals surface area contributed by atoms with Crippen molar-refractivity contribution >= 4 is 5.97 Å². The lowest BCUT2D eigenvalue weighted by molar-refractivity contribution is -0.139. The summed E-state index contributed by atoms with van der Waals surface area (Å²) in [6, 6.07) is -1.20. The molecule has 0 aromatic rings. The Bertz CT molecular complexity index is 155. The Morgan fingerprint density at radius 1 is 1.80 bits per heavy atom. The Morgan fingerprint density at radius 2 is 2.30 bits per heavy atom. The second kappa shape index (κ2) is 3.76. The van der Waals surface area contributed by atoms with Crippen LogP contribution in [0.3, 0.4) is 0 Å². The van der Waals surface area contributed by atoms with Gasteiger partial charge in [0.25, 0.3) is 0 Å². The summed E-state index contributed by atoms with van der Waals surface area (Å²) in [6.45, 7) is 4.93. The molecule has 4 heteroatoms. The van der Waals surface area contributed by atoms with E-state index < -0.39 is 17.9 Å². The molecule has 0 aliphatic carbocycles. The van der Waals surface area contributed by atoms with E-state index in [1.165, 1.54) is 6.08 Å². The van der Waals surface area contributed by atoms with Gasteiger partial charge >= 0.3 is 5.97 Å². The molecule has 0 aromatic heterocycles. The first-order valence-corrected chi connectivity index (χ1v) is 2.81. The van der Waals surface area contributed by atoms with Gasteiger partial charge in [-0.1, -0.05) is 18.2 Å². The summed E-state index contributed by atoms with van der Waals surface area (Å²) < 4.78 is 0. The molecule has 0 aliphatic rings. The van der Waals surface area contributed by atoms with E-state index in [1.54, 1.807) is 6.92 Å². The minimum atomic E-state index is -1.21. The third kappa shape index (κ3) is 1.97. The first kappa shape index (κ1) is 8.81. The van der Waals surface area contributed by atoms with E-state index in [-0.39, 0.29) is 0 Å². The summed E-state index contributed by atoms with van der Waals surface area (Å²) >= 11 is 0. The van der Waals surface area contributed by atoms with Crippen LogP contribution >= 0.6 is 0 Å². The van der Waals surface area contributed by atoms with Crippen molar-refractivity contribution in [2.24, 2.45) is 11.1 Å². The number of carboxylic acids is 1. The lowest BCUT2D eigenvalue weighted by Gasteiger charge is -2.06. The molecule has 0 fully saturated rings. The molecular formula is C6H9NO3. The van der Waals surface area contributed by atoms with E-state index in [2.05, 4.69) is 11.8 Å². The molecule has 0 bridgehead atoms. The lowest BCUT2D eigenvalue weighted by atomic mass is 10.0. The highest BCUT2D eigenvalue weighted by Gasteiger charge is 2.22. The highest BCUT2D eigenvalue weighted by Crippen LogP contribution is 2.07. The average molecular weight is 143 g/mol. The first-order valence-electron chi connectivity index (χ1n) is 2.81. The SMILES string of the molecule is C=C[C@@H](C)[C@H](N=O)C(=O)O. The van der Waals surface area contributed by atoms with Gasteiger partial charge in [-0.15, -0.1) is 11.5 Å². The third-order valence-corrected chi connectivity index (χ3v) is 1.24. The van der Waals surface area contributed by atoms with Crippen molar-refractivity contribution in [2.45, 2.75) is 13.0 Å². The van der Waals surface area contributed by atoms with Gasteiger partial charge < -0.3 is 5.11 Å². The van der Waals surface area contributed by atoms with Crippen LogP contribution in [0.25, 0.3) is 0 Å². The number of carboxylic acid groups (broad SMARTS) is 1. The molecule has 1 N–H and O–H groups in total. The highest BCUT2D eigenvalue weighted by atomic mass is 16.4. The molecule has 0 saturated carbocycles. The van der Waals surface area contributed by atoms with Gasteiger partial charge in [-0.2, -0.15) is 0 Å². The van der Waals surface area contributed by atoms with Crippen molar-refractivity contribution < 1.29 is 9.90 Å². The molecule has 4 nitrogen and oxygen atoms in total. The van der Waals surface area contributed by atoms with E-state index in [0.29, 0.717) is 0 Å². The van der Waals surface area contributed by atoms with Crippen LogP contribution in [0.15, 0.2) is 17.8 Å². The van der Waals surface area contributed by atoms with Gasteiger partial charge in [0.05, 0.1) is 0 Å². The van der Waals surface area contributed by atoms with Crippen LogP contribution in [-0.2, 0) is 4.79 Å². The summed E-state index contributed by atoms with van der Waals surface area (Å²) in [7, 11) is 0. The van der Waals surface area contributed by atoms with Crippen LogP contribution in [0.4, 0.5) is 0 Å². The molecule has 0 saturated heterocycles. The maximum Gasteiger partial charge on any atom is 0.332 e. The highest BCUT2D eigenvalue weighted by molar-refractivity contribution is 5.74. The molecule has 2 atom stereocenters. The molecule has 0 radical (unpaired) electrons. The zero-order chi connectivity index (χ0) is 8.15. The van der Waals surface area contributed by atoms with Crippen LogP contribution in [0, 0.1) is 10.8 Å². The second-order valence-electron chi connectivity index (χ2n) is 1.98. The molecule has 0 aromatic carbocycles. The van der Waals surface area contributed by atoms with Crippen LogP contribution in [0.2, 0.25) is 0 Å². The van der Waals surface area contributed by atoms with Gasteiger partial charge in [0.2, 0.25) is 0 Å². The van der Waals surface area contributed by atoms with Gasteiger partial charge in [0.1, 0.15) is 0 Å². The van der Waals surface area contributed by atoms with Crippen LogP contribution in [0.1, 0.15) is 6.92 Å². The van der Waals surface area contributed by atoms with E-state index >= 15 is 0 Å². The Labute approximate surface area is 58.5 Å². The number of hydrogen-bond donors (Lipinski definition) is 1. The summed E-state index contributed by atoms with van der Waals surface area (Å²) in [4.78, 5) is 20.1. The van der Waals surface area contributed by atoms with E-state index in [0.717, 1.165) is 0 Å². The zero-order valence-electron chi connectivity index (χ0n) is 5.65. The topological polar surface area (TPSA) is 66.7 Å². The quantitative estimate of drug-likeness (QED) is 0.472. The van der Waals surface area contributed by atoms with E-state index in [4.69, 9.17) is 5.11 Å². The van der Waals surface area contributed by atoms with Crippen LogP contribution < -0.4 is 0 Å². The van der Waals surface area contributed by atoms with Crippen LogP contribution in [-0.4, -0.2) is 17.1 Å². The third-order valence-electron chi connectivity index (χ3n) is 1.24. The Balaban J connectivity index is 4.19. The number of nitrogens with zero attached hydrogens (tertiary/aromatic N) is 1. The zero-order valence-corrected chi connectivity index (χ0v) is 5.65. The molecule has 0 spiro atoms. The fourth-order valence-corrected chi connectivity index (χ4v) is 0.495. The Morgan fingerprint density at radius 3 is 2.40 bits per heavy atom. The fraction of sp³-hybridized carbons (Fsp3) is 0.500. The molecule has 0 aliphatic heterocycles. The van der Waals surface area contributed by atoms with Crippen molar-refractivity contribution in [1.29, 1.82) is 0 Å². The van der Waals surface area contributed by atoms with Crippen LogP contribution in [0.5, 0.6) is 0 Å². The Kier molecular flexibility index (Phi) is 3.32. The Hall–Kier alpha value is -1.19. The van der Waals surface area contributed by atoms with Crippen molar-refractivity contribution in [2.75, 3.05) is 0 Å². The molecule has 0 heterocycles. The van der Waals surface area contributed by atoms with Crippen molar-refractivity contribution in [3.8, 4) is 0 Å². The standard InChI is InChI=1S/C6H9NO3/c1-3-4(2)5(7-10)6(8)9/h3-5H,1H2,2H3,(H,8,9)/t4-,5+/m1/s1. The van der Waals surface area contributed by atoms with E-state index in [9.17, 15) is 9.70 Å². The van der Waals surface area contributed by atoms with Gasteiger partial charge in [-0.3, -0.25) is 0 Å². The number of aliphatic carboxylic acids is 1. The van der Waals surface area contributed by atoms with Gasteiger partial charge in [0, 0.05) is 5.92 Å². The van der Waals surface area contributed by atoms with Gasteiger partial charge in [0.15, 0.2) is 6.04 Å². The van der Waals surface area contributed by atoms with Crippen molar-refractivity contribution in [3.05, 3.63) is 17.6 Å². The van der Waals surface area contributed by atoms with Crippen molar-refractivity contribution in [1.82, 2.24) is 0 Å². The van der Waals surface area contributed by atoms with Crippen molar-refractivity contribution in [3.63, 3.8) is 0 Å². The second-order valence-corrected chi connectivity index (χ2v) is 1.98. The number of carbonyl (C=O) groups is 1. The van der Waals surface area contributed by atoms with E-state index in [1.807, 2.05) is 0 Å².